The Morgan fingerprint density at radius 3 is 2.67 bits per heavy atom. The van der Waals surface area contributed by atoms with Gasteiger partial charge in [0.1, 0.15) is 10.5 Å². The quantitative estimate of drug-likeness (QED) is 0.332. The molecule has 6 rings (SSSR count). The average Bonchev–Trinajstić information content (AvgIpc) is 3.66. The Hall–Kier alpha value is -3.89. The van der Waals surface area contributed by atoms with Crippen LogP contribution >= 0.6 is 11.3 Å². The SMILES string of the molecule is O=C1C2C(c3nccs3)NC(Cc3c[nH]c4ccccc34)(C(=O)O)C2C(=O)N1CCc1ccccn1. The van der Waals surface area contributed by atoms with Crippen molar-refractivity contribution >= 4 is 40.0 Å². The Labute approximate surface area is 210 Å². The number of carbonyl (C=O) groups is 3. The minimum absolute atomic E-state index is 0.0441. The fraction of sp³-hybridized carbons (Fsp3) is 0.269. The van der Waals surface area contributed by atoms with Gasteiger partial charge in [-0.2, -0.15) is 0 Å². The summed E-state index contributed by atoms with van der Waals surface area (Å²) in [7, 11) is 0. The van der Waals surface area contributed by atoms with Crippen molar-refractivity contribution < 1.29 is 19.5 Å². The first-order valence-corrected chi connectivity index (χ1v) is 12.6. The number of para-hydroxylation sites is 1. The molecule has 36 heavy (non-hydrogen) atoms. The topological polar surface area (TPSA) is 128 Å². The first-order valence-electron chi connectivity index (χ1n) is 11.7. The van der Waals surface area contributed by atoms with Gasteiger partial charge >= 0.3 is 5.97 Å². The van der Waals surface area contributed by atoms with E-state index in [4.69, 9.17) is 0 Å². The lowest BCUT2D eigenvalue weighted by Gasteiger charge is -2.31. The molecule has 2 fully saturated rings. The molecule has 5 heterocycles. The number of likely N-dealkylation sites (tertiary alicyclic amines) is 1. The normalized spacial score (nSPS) is 25.6. The van der Waals surface area contributed by atoms with Crippen molar-refractivity contribution in [3.8, 4) is 0 Å². The summed E-state index contributed by atoms with van der Waals surface area (Å²) in [5.74, 6) is -3.90. The lowest BCUT2D eigenvalue weighted by atomic mass is 9.76. The highest BCUT2D eigenvalue weighted by atomic mass is 32.1. The van der Waals surface area contributed by atoms with Gasteiger partial charge in [0.15, 0.2) is 0 Å². The highest BCUT2D eigenvalue weighted by molar-refractivity contribution is 7.09. The first kappa shape index (κ1) is 22.6. The third-order valence-electron chi connectivity index (χ3n) is 7.31. The zero-order chi connectivity index (χ0) is 24.9. The molecule has 4 unspecified atom stereocenters. The third-order valence-corrected chi connectivity index (χ3v) is 8.17. The Kier molecular flexibility index (Phi) is 5.42. The van der Waals surface area contributed by atoms with Gasteiger partial charge in [-0.3, -0.25) is 29.6 Å². The Balaban J connectivity index is 1.40. The number of H-pyrrole nitrogens is 1. The summed E-state index contributed by atoms with van der Waals surface area (Å²) in [6.07, 6.45) is 5.51. The van der Waals surface area contributed by atoms with Gasteiger partial charge in [0.05, 0.1) is 17.9 Å². The van der Waals surface area contributed by atoms with Crippen molar-refractivity contribution in [1.82, 2.24) is 25.2 Å². The fourth-order valence-corrected chi connectivity index (χ4v) is 6.40. The molecule has 10 heteroatoms. The van der Waals surface area contributed by atoms with E-state index in [0.717, 1.165) is 22.2 Å². The van der Waals surface area contributed by atoms with E-state index in [1.54, 1.807) is 30.0 Å². The number of carbonyl (C=O) groups excluding carboxylic acids is 2. The van der Waals surface area contributed by atoms with E-state index < -0.39 is 35.3 Å². The maximum Gasteiger partial charge on any atom is 0.325 e. The molecule has 2 saturated heterocycles. The third kappa shape index (κ3) is 3.44. The summed E-state index contributed by atoms with van der Waals surface area (Å²) in [6, 6.07) is 12.4. The average molecular weight is 502 g/mol. The van der Waals surface area contributed by atoms with Crippen LogP contribution in [-0.2, 0) is 27.2 Å². The van der Waals surface area contributed by atoms with Gasteiger partial charge in [0, 0.05) is 60.0 Å². The summed E-state index contributed by atoms with van der Waals surface area (Å²) in [5, 5.41) is 17.1. The molecule has 2 amide bonds. The number of amides is 2. The Morgan fingerprint density at radius 1 is 1.08 bits per heavy atom. The zero-order valence-corrected chi connectivity index (χ0v) is 19.9. The smallest absolute Gasteiger partial charge is 0.325 e. The monoisotopic (exact) mass is 501 g/mol. The molecule has 4 aromatic rings. The Morgan fingerprint density at radius 2 is 1.92 bits per heavy atom. The van der Waals surface area contributed by atoms with Crippen molar-refractivity contribution in [3.63, 3.8) is 0 Å². The van der Waals surface area contributed by atoms with Crippen LogP contribution in [0.25, 0.3) is 10.9 Å². The number of aliphatic carboxylic acids is 1. The maximum atomic E-state index is 13.8. The van der Waals surface area contributed by atoms with Gasteiger partial charge in [0.25, 0.3) is 0 Å². The van der Waals surface area contributed by atoms with Crippen molar-refractivity contribution in [2.24, 2.45) is 11.8 Å². The number of hydrogen-bond donors (Lipinski definition) is 3. The predicted octanol–water partition coefficient (Wildman–Crippen LogP) is 2.57. The van der Waals surface area contributed by atoms with Crippen LogP contribution in [0.4, 0.5) is 0 Å². The number of nitrogens with one attached hydrogen (secondary N) is 2. The van der Waals surface area contributed by atoms with E-state index in [0.29, 0.717) is 11.4 Å². The molecule has 3 N–H and O–H groups in total. The predicted molar refractivity (Wildman–Crippen MR) is 132 cm³/mol. The van der Waals surface area contributed by atoms with Gasteiger partial charge in [-0.25, -0.2) is 4.98 Å². The van der Waals surface area contributed by atoms with Crippen LogP contribution in [0.5, 0.6) is 0 Å². The number of benzene rings is 1. The number of imide groups is 1. The molecule has 4 atom stereocenters. The molecule has 0 aliphatic carbocycles. The molecule has 182 valence electrons. The van der Waals surface area contributed by atoms with E-state index in [1.807, 2.05) is 36.4 Å². The number of carboxylic acid groups (broad SMARTS) is 1. The second kappa shape index (κ2) is 8.65. The minimum atomic E-state index is -1.67. The lowest BCUT2D eigenvalue weighted by Crippen LogP contribution is -2.57. The van der Waals surface area contributed by atoms with Crippen LogP contribution in [0.1, 0.15) is 22.3 Å². The number of pyridine rings is 1. The van der Waals surface area contributed by atoms with Gasteiger partial charge in [-0.15, -0.1) is 11.3 Å². The molecule has 2 aliphatic rings. The molecular formula is C26H23N5O4S. The summed E-state index contributed by atoms with van der Waals surface area (Å²) in [5.41, 5.74) is 0.738. The van der Waals surface area contributed by atoms with Gasteiger partial charge in [-0.05, 0) is 23.8 Å². The standard InChI is InChI=1S/C26H23N5O4S/c32-23-19-20(24(33)31(23)11-8-16-5-3-4-9-27-16)26(25(34)35,30-21(19)22-28-10-12-36-22)13-15-14-29-18-7-2-1-6-17(15)18/h1-7,9-10,12,14,19-21,29-30H,8,11,13H2,(H,34,35). The van der Waals surface area contributed by atoms with E-state index in [9.17, 15) is 19.5 Å². The largest absolute Gasteiger partial charge is 0.480 e. The number of carboxylic acids is 1. The van der Waals surface area contributed by atoms with Crippen molar-refractivity contribution in [2.45, 2.75) is 24.4 Å². The number of rotatable bonds is 7. The summed E-state index contributed by atoms with van der Waals surface area (Å²) < 4.78 is 0. The summed E-state index contributed by atoms with van der Waals surface area (Å²) >= 11 is 1.34. The second-order valence-corrected chi connectivity index (χ2v) is 10.1. The molecule has 0 bridgehead atoms. The second-order valence-electron chi connectivity index (χ2n) is 9.21. The molecule has 0 spiro atoms. The maximum absolute atomic E-state index is 13.8. The van der Waals surface area contributed by atoms with Gasteiger partial charge < -0.3 is 10.1 Å². The molecule has 0 radical (unpaired) electrons. The molecular weight excluding hydrogens is 478 g/mol. The van der Waals surface area contributed by atoms with Crippen LogP contribution in [0.3, 0.4) is 0 Å². The Bertz CT molecular complexity index is 1450. The van der Waals surface area contributed by atoms with Gasteiger partial charge in [-0.1, -0.05) is 24.3 Å². The molecule has 9 nitrogen and oxygen atoms in total. The number of aromatic nitrogens is 3. The lowest BCUT2D eigenvalue weighted by molar-refractivity contribution is -0.151. The summed E-state index contributed by atoms with van der Waals surface area (Å²) in [4.78, 5) is 53.5. The zero-order valence-electron chi connectivity index (χ0n) is 19.1. The fourth-order valence-electron chi connectivity index (χ4n) is 5.67. The highest BCUT2D eigenvalue weighted by Gasteiger charge is 2.68. The highest BCUT2D eigenvalue weighted by Crippen LogP contribution is 2.50. The van der Waals surface area contributed by atoms with Crippen LogP contribution in [0.2, 0.25) is 0 Å². The van der Waals surface area contributed by atoms with Crippen LogP contribution in [0.15, 0.2) is 66.4 Å². The van der Waals surface area contributed by atoms with E-state index in [-0.39, 0.29) is 18.9 Å². The molecule has 2 aliphatic heterocycles. The molecule has 1 aromatic carbocycles. The van der Waals surface area contributed by atoms with Crippen LogP contribution < -0.4 is 5.32 Å². The van der Waals surface area contributed by atoms with E-state index in [2.05, 4.69) is 20.3 Å². The van der Waals surface area contributed by atoms with Crippen molar-refractivity contribution in [2.75, 3.05) is 6.54 Å². The van der Waals surface area contributed by atoms with Gasteiger partial charge in [0.2, 0.25) is 11.8 Å². The summed E-state index contributed by atoms with van der Waals surface area (Å²) in [6.45, 7) is 0.148. The number of aromatic amines is 1. The minimum Gasteiger partial charge on any atom is -0.480 e. The molecule has 3 aromatic heterocycles. The first-order chi connectivity index (χ1) is 17.5. The number of hydrogen-bond acceptors (Lipinski definition) is 7. The molecule has 0 saturated carbocycles. The van der Waals surface area contributed by atoms with Crippen molar-refractivity contribution in [3.05, 3.63) is 82.7 Å². The van der Waals surface area contributed by atoms with E-state index >= 15 is 0 Å². The van der Waals surface area contributed by atoms with Crippen LogP contribution in [0, 0.1) is 11.8 Å². The van der Waals surface area contributed by atoms with E-state index in [1.165, 1.54) is 16.2 Å². The number of nitrogens with zero attached hydrogens (tertiary/aromatic N) is 3. The van der Waals surface area contributed by atoms with Crippen LogP contribution in [-0.4, -0.2) is 54.8 Å². The number of fused-ring (bicyclic) bond motifs is 2. The van der Waals surface area contributed by atoms with Crippen molar-refractivity contribution in [1.29, 1.82) is 0 Å². The number of thiazole rings is 1.